The van der Waals surface area contributed by atoms with Crippen LogP contribution in [0, 0.1) is 6.92 Å². The van der Waals surface area contributed by atoms with Crippen LogP contribution in [0.3, 0.4) is 0 Å². The maximum atomic E-state index is 13.2. The van der Waals surface area contributed by atoms with E-state index >= 15 is 0 Å². The molecule has 0 fully saturated rings. The second kappa shape index (κ2) is 8.15. The van der Waals surface area contributed by atoms with Crippen LogP contribution in [-0.4, -0.2) is 28.9 Å². The van der Waals surface area contributed by atoms with Gasteiger partial charge in [0.1, 0.15) is 10.6 Å². The fourth-order valence-electron chi connectivity index (χ4n) is 3.60. The first-order valence-corrected chi connectivity index (χ1v) is 10.5. The zero-order valence-corrected chi connectivity index (χ0v) is 17.1. The lowest BCUT2D eigenvalue weighted by Crippen LogP contribution is -2.35. The third-order valence-electron chi connectivity index (χ3n) is 5.02. The van der Waals surface area contributed by atoms with E-state index in [9.17, 15) is 4.79 Å². The van der Waals surface area contributed by atoms with Crippen LogP contribution < -0.4 is 4.74 Å². The average molecular weight is 393 g/mol. The Balaban J connectivity index is 1.51. The molecule has 1 aromatic heterocycles. The molecule has 0 radical (unpaired) electrons. The fourth-order valence-corrected chi connectivity index (χ4v) is 4.67. The van der Waals surface area contributed by atoms with Gasteiger partial charge in [-0.05, 0) is 49.1 Å². The summed E-state index contributed by atoms with van der Waals surface area (Å²) in [6.45, 7) is 5.93. The van der Waals surface area contributed by atoms with Gasteiger partial charge in [0.15, 0.2) is 0 Å². The van der Waals surface area contributed by atoms with Gasteiger partial charge in [-0.1, -0.05) is 36.4 Å². The Kier molecular flexibility index (Phi) is 5.44. The Morgan fingerprint density at radius 2 is 2.00 bits per heavy atom. The van der Waals surface area contributed by atoms with Crippen LogP contribution in [0.5, 0.6) is 5.75 Å². The first-order valence-electron chi connectivity index (χ1n) is 9.68. The summed E-state index contributed by atoms with van der Waals surface area (Å²) in [4.78, 5) is 20.5. The molecule has 144 valence electrons. The number of benzene rings is 2. The van der Waals surface area contributed by atoms with Crippen LogP contribution in [0.1, 0.15) is 44.0 Å². The van der Waals surface area contributed by atoms with Crippen LogP contribution in [0.15, 0.2) is 48.5 Å². The fraction of sp³-hybridized carbons (Fsp3) is 0.304. The first-order chi connectivity index (χ1) is 13.6. The molecule has 0 spiro atoms. The van der Waals surface area contributed by atoms with E-state index in [0.29, 0.717) is 13.2 Å². The van der Waals surface area contributed by atoms with Crippen molar-refractivity contribution in [1.29, 1.82) is 0 Å². The molecular formula is C23H24N2O2S. The van der Waals surface area contributed by atoms with Gasteiger partial charge in [-0.3, -0.25) is 4.79 Å². The number of carbonyl (C=O) groups excluding carboxylic acids is 1. The second-order valence-corrected chi connectivity index (χ2v) is 8.11. The van der Waals surface area contributed by atoms with E-state index in [0.717, 1.165) is 40.7 Å². The SMILES string of the molecule is CCOc1ccc2c(c1)CN(C(=O)c1sc(Cc3ccccc3)nc1C)CC2. The zero-order valence-electron chi connectivity index (χ0n) is 16.3. The molecule has 0 N–H and O–H groups in total. The second-order valence-electron chi connectivity index (χ2n) is 7.02. The highest BCUT2D eigenvalue weighted by Crippen LogP contribution is 2.28. The molecule has 0 bridgehead atoms. The highest BCUT2D eigenvalue weighted by atomic mass is 32.1. The Hall–Kier alpha value is -2.66. The number of thiazole rings is 1. The van der Waals surface area contributed by atoms with Crippen molar-refractivity contribution in [3.8, 4) is 5.75 Å². The van der Waals surface area contributed by atoms with Gasteiger partial charge < -0.3 is 9.64 Å². The number of rotatable bonds is 5. The van der Waals surface area contributed by atoms with Crippen molar-refractivity contribution < 1.29 is 9.53 Å². The average Bonchev–Trinajstić information content (AvgIpc) is 3.08. The van der Waals surface area contributed by atoms with Crippen LogP contribution in [0.4, 0.5) is 0 Å². The predicted octanol–water partition coefficient (Wildman–Crippen LogP) is 4.64. The molecule has 4 rings (SSSR count). The van der Waals surface area contributed by atoms with Gasteiger partial charge in [0.25, 0.3) is 5.91 Å². The van der Waals surface area contributed by atoms with Crippen molar-refractivity contribution in [1.82, 2.24) is 9.88 Å². The highest BCUT2D eigenvalue weighted by Gasteiger charge is 2.25. The Labute approximate surface area is 169 Å². The lowest BCUT2D eigenvalue weighted by molar-refractivity contribution is 0.0738. The number of aromatic nitrogens is 1. The van der Waals surface area contributed by atoms with E-state index in [4.69, 9.17) is 4.74 Å². The summed E-state index contributed by atoms with van der Waals surface area (Å²) in [6.07, 6.45) is 1.64. The summed E-state index contributed by atoms with van der Waals surface area (Å²) in [7, 11) is 0. The number of aryl methyl sites for hydroxylation is 1. The maximum absolute atomic E-state index is 13.2. The molecule has 0 aliphatic carbocycles. The molecule has 5 heteroatoms. The number of ether oxygens (including phenoxy) is 1. The maximum Gasteiger partial charge on any atom is 0.266 e. The van der Waals surface area contributed by atoms with Gasteiger partial charge in [-0.15, -0.1) is 11.3 Å². The number of amides is 1. The Morgan fingerprint density at radius 1 is 1.18 bits per heavy atom. The molecule has 0 saturated heterocycles. The number of fused-ring (bicyclic) bond motifs is 1. The van der Waals surface area contributed by atoms with Crippen LogP contribution >= 0.6 is 11.3 Å². The molecule has 1 aliphatic rings. The molecule has 3 aromatic rings. The molecule has 1 aliphatic heterocycles. The van der Waals surface area contributed by atoms with E-state index in [1.54, 1.807) is 0 Å². The normalized spacial score (nSPS) is 13.3. The quantitative estimate of drug-likeness (QED) is 0.635. The van der Waals surface area contributed by atoms with E-state index in [-0.39, 0.29) is 5.91 Å². The van der Waals surface area contributed by atoms with Crippen LogP contribution in [-0.2, 0) is 19.4 Å². The summed E-state index contributed by atoms with van der Waals surface area (Å²) in [5.74, 6) is 0.955. The number of nitrogens with zero attached hydrogens (tertiary/aromatic N) is 2. The lowest BCUT2D eigenvalue weighted by atomic mass is 9.99. The van der Waals surface area contributed by atoms with Crippen molar-refractivity contribution in [2.45, 2.75) is 33.2 Å². The topological polar surface area (TPSA) is 42.4 Å². The largest absolute Gasteiger partial charge is 0.494 e. The van der Waals surface area contributed by atoms with Crippen molar-refractivity contribution >= 4 is 17.2 Å². The minimum atomic E-state index is 0.0850. The van der Waals surface area contributed by atoms with Crippen molar-refractivity contribution in [3.05, 3.63) is 80.8 Å². The third-order valence-corrected chi connectivity index (χ3v) is 6.17. The summed E-state index contributed by atoms with van der Waals surface area (Å²) in [5.41, 5.74) is 4.52. The zero-order chi connectivity index (χ0) is 19.5. The number of carbonyl (C=O) groups is 1. The molecular weight excluding hydrogens is 368 g/mol. The lowest BCUT2D eigenvalue weighted by Gasteiger charge is -2.29. The molecule has 1 amide bonds. The first kappa shape index (κ1) is 18.7. The molecule has 0 saturated carbocycles. The smallest absolute Gasteiger partial charge is 0.266 e. The van der Waals surface area contributed by atoms with Gasteiger partial charge in [0, 0.05) is 19.5 Å². The van der Waals surface area contributed by atoms with E-state index in [1.165, 1.54) is 28.0 Å². The summed E-state index contributed by atoms with van der Waals surface area (Å²) in [6, 6.07) is 16.5. The standard InChI is InChI=1S/C23H24N2O2S/c1-3-27-20-10-9-18-11-12-25(15-19(18)14-20)23(26)22-16(2)24-21(28-22)13-17-7-5-4-6-8-17/h4-10,14H,3,11-13,15H2,1-2H3. The minimum absolute atomic E-state index is 0.0850. The van der Waals surface area contributed by atoms with E-state index in [2.05, 4.69) is 29.2 Å². The summed E-state index contributed by atoms with van der Waals surface area (Å²) in [5, 5.41) is 0.989. The van der Waals surface area contributed by atoms with Gasteiger partial charge in [-0.25, -0.2) is 4.98 Å². The molecule has 0 atom stereocenters. The van der Waals surface area contributed by atoms with Crippen LogP contribution in [0.25, 0.3) is 0 Å². The van der Waals surface area contributed by atoms with E-state index in [1.807, 2.05) is 43.0 Å². The molecule has 28 heavy (non-hydrogen) atoms. The van der Waals surface area contributed by atoms with Crippen molar-refractivity contribution in [2.24, 2.45) is 0 Å². The van der Waals surface area contributed by atoms with Gasteiger partial charge >= 0.3 is 0 Å². The van der Waals surface area contributed by atoms with E-state index < -0.39 is 0 Å². The molecule has 2 aromatic carbocycles. The van der Waals surface area contributed by atoms with Crippen LogP contribution in [0.2, 0.25) is 0 Å². The predicted molar refractivity (Wildman–Crippen MR) is 112 cm³/mol. The van der Waals surface area contributed by atoms with Crippen molar-refractivity contribution in [2.75, 3.05) is 13.2 Å². The van der Waals surface area contributed by atoms with Crippen molar-refractivity contribution in [3.63, 3.8) is 0 Å². The summed E-state index contributed by atoms with van der Waals surface area (Å²) < 4.78 is 5.62. The molecule has 0 unspecified atom stereocenters. The Morgan fingerprint density at radius 3 is 2.79 bits per heavy atom. The molecule has 2 heterocycles. The van der Waals surface area contributed by atoms with Gasteiger partial charge in [0.05, 0.1) is 17.3 Å². The monoisotopic (exact) mass is 392 g/mol. The Bertz CT molecular complexity index is 982. The highest BCUT2D eigenvalue weighted by molar-refractivity contribution is 7.13. The number of hydrogen-bond donors (Lipinski definition) is 0. The minimum Gasteiger partial charge on any atom is -0.494 e. The summed E-state index contributed by atoms with van der Waals surface area (Å²) >= 11 is 1.52. The molecule has 4 nitrogen and oxygen atoms in total. The van der Waals surface area contributed by atoms with Gasteiger partial charge in [0.2, 0.25) is 0 Å². The third kappa shape index (κ3) is 3.94. The number of hydrogen-bond acceptors (Lipinski definition) is 4. The van der Waals surface area contributed by atoms with Gasteiger partial charge in [-0.2, -0.15) is 0 Å².